The molecule has 1 amide bonds. The first-order valence-electron chi connectivity index (χ1n) is 21.3. The highest BCUT2D eigenvalue weighted by Gasteiger charge is 2.81. The topological polar surface area (TPSA) is 212 Å². The molecule has 2 aliphatic heterocycles. The lowest BCUT2D eigenvalue weighted by Crippen LogP contribution is -2.80. The molecule has 16 heteroatoms. The summed E-state index contributed by atoms with van der Waals surface area (Å²) in [5.41, 5.74) is -6.62. The molecule has 5 aliphatic rings. The lowest BCUT2D eigenvalue weighted by molar-refractivity contribution is -0.392. The van der Waals surface area contributed by atoms with Gasteiger partial charge in [-0.25, -0.2) is 14.4 Å². The molecule has 3 aliphatic carbocycles. The molecule has 2 saturated heterocycles. The highest BCUT2D eigenvalue weighted by molar-refractivity contribution is 5.89. The first kappa shape index (κ1) is 47.1. The van der Waals surface area contributed by atoms with Gasteiger partial charge in [-0.15, -0.1) is 0 Å². The number of aliphatic hydroxyl groups is 2. The number of amides is 1. The summed E-state index contributed by atoms with van der Waals surface area (Å²) in [5, 5.41) is 27.1. The van der Waals surface area contributed by atoms with Gasteiger partial charge in [-0.05, 0) is 83.2 Å². The highest BCUT2D eigenvalue weighted by atomic mass is 16.7. The smallest absolute Gasteiger partial charge is 0.407 e. The van der Waals surface area contributed by atoms with Gasteiger partial charge in [0.1, 0.15) is 30.0 Å². The third-order valence-corrected chi connectivity index (χ3v) is 13.3. The Labute approximate surface area is 362 Å². The summed E-state index contributed by atoms with van der Waals surface area (Å²) < 4.78 is 50.5. The van der Waals surface area contributed by atoms with E-state index >= 15 is 0 Å². The van der Waals surface area contributed by atoms with E-state index in [4.69, 9.17) is 37.9 Å². The second kappa shape index (κ2) is 17.0. The molecule has 2 heterocycles. The molecule has 342 valence electrons. The van der Waals surface area contributed by atoms with E-state index in [2.05, 4.69) is 11.9 Å². The van der Waals surface area contributed by atoms with Crippen LogP contribution in [-0.2, 0) is 52.3 Å². The normalized spacial score (nSPS) is 34.7. The second-order valence-corrected chi connectivity index (χ2v) is 19.5. The van der Waals surface area contributed by atoms with E-state index in [1.165, 1.54) is 33.8 Å². The van der Waals surface area contributed by atoms with Crippen LogP contribution in [0.3, 0.4) is 0 Å². The molecule has 0 bridgehead atoms. The average Bonchev–Trinajstić information content (AvgIpc) is 3.41. The summed E-state index contributed by atoms with van der Waals surface area (Å²) >= 11 is 0. The standard InChI is InChI=1S/C46H63NO15/c1-13-32-58-30-20-31-46(22-55-31,61-26(6)49)36-38(60-39(51)27-17-15-14-16-18-27)45(43(10,11)54)21-29(24(4)33(45)35(56-25(5)48)37(59-32)44(30,36)12)57-40(52)34(50)28(19-23(2)3)47-41(53)62-42(7,8)9/h13-18,23,28-32,34-38,50,54H,1,19-22H2,2-12H3,(H,47,53)/t28-,29-,30-,31+,32?,34+,35-,36-,37-,38-,44+,45?,46?/m0/s1. The number of nitrogens with one attached hydrogen (secondary N) is 1. The number of ether oxygens (including phenoxy) is 8. The van der Waals surface area contributed by atoms with Gasteiger partial charge in [0.25, 0.3) is 0 Å². The average molecular weight is 870 g/mol. The predicted octanol–water partition coefficient (Wildman–Crippen LogP) is 4.87. The number of rotatable bonds is 12. The Kier molecular flexibility index (Phi) is 12.9. The van der Waals surface area contributed by atoms with Crippen LogP contribution in [0.4, 0.5) is 4.79 Å². The van der Waals surface area contributed by atoms with Gasteiger partial charge in [-0.1, -0.05) is 45.5 Å². The fourth-order valence-electron chi connectivity index (χ4n) is 10.8. The third-order valence-electron chi connectivity index (χ3n) is 13.3. The first-order chi connectivity index (χ1) is 28.8. The first-order valence-corrected chi connectivity index (χ1v) is 21.3. The third kappa shape index (κ3) is 8.28. The van der Waals surface area contributed by atoms with Gasteiger partial charge in [-0.3, -0.25) is 9.59 Å². The number of esters is 4. The van der Waals surface area contributed by atoms with Gasteiger partial charge in [0.15, 0.2) is 24.1 Å². The van der Waals surface area contributed by atoms with Gasteiger partial charge < -0.3 is 53.4 Å². The van der Waals surface area contributed by atoms with E-state index in [0.717, 1.165) is 0 Å². The van der Waals surface area contributed by atoms with Crippen LogP contribution in [0.15, 0.2) is 54.1 Å². The summed E-state index contributed by atoms with van der Waals surface area (Å²) in [4.78, 5) is 68.3. The van der Waals surface area contributed by atoms with Crippen LogP contribution in [0, 0.1) is 22.7 Å². The molecule has 1 aromatic rings. The highest BCUT2D eigenvalue weighted by Crippen LogP contribution is 2.70. The SMILES string of the molecule is C=CC1O[C@H]2C[C@H]3OCC3(OC(C)=O)[C@H]3[C@H](OC(=O)c4ccccc4)C4(C(C)(C)O)C[C@H](OC(=O)[C@H](O)[C@H](CC(C)C)NC(=O)OC(C)(C)C)C(C)=C4[C@H](OC(C)=O)[C@H](O1)[C@]23C. The maximum absolute atomic E-state index is 14.6. The van der Waals surface area contributed by atoms with Crippen molar-refractivity contribution in [1.29, 1.82) is 0 Å². The zero-order valence-electron chi connectivity index (χ0n) is 37.6. The number of benzene rings is 1. The van der Waals surface area contributed by atoms with E-state index in [1.54, 1.807) is 58.0 Å². The Morgan fingerprint density at radius 3 is 2.18 bits per heavy atom. The van der Waals surface area contributed by atoms with Gasteiger partial charge in [0, 0.05) is 32.1 Å². The molecule has 1 aromatic carbocycles. The summed E-state index contributed by atoms with van der Waals surface area (Å²) in [6, 6.07) is 7.11. The molecule has 0 radical (unpaired) electrons. The van der Waals surface area contributed by atoms with Crippen LogP contribution in [-0.4, -0.2) is 119 Å². The molecule has 0 spiro atoms. The van der Waals surface area contributed by atoms with Gasteiger partial charge >= 0.3 is 30.0 Å². The second-order valence-electron chi connectivity index (χ2n) is 19.5. The molecule has 13 atom stereocenters. The van der Waals surface area contributed by atoms with Crippen molar-refractivity contribution in [2.75, 3.05) is 6.61 Å². The van der Waals surface area contributed by atoms with Gasteiger partial charge in [0.05, 0.1) is 41.3 Å². The van der Waals surface area contributed by atoms with Gasteiger partial charge in [-0.2, -0.15) is 0 Å². The fourth-order valence-corrected chi connectivity index (χ4v) is 10.8. The van der Waals surface area contributed by atoms with Crippen LogP contribution < -0.4 is 5.32 Å². The minimum atomic E-state index is -1.91. The van der Waals surface area contributed by atoms with E-state index in [1.807, 2.05) is 20.8 Å². The van der Waals surface area contributed by atoms with E-state index in [9.17, 15) is 34.2 Å². The predicted molar refractivity (Wildman–Crippen MR) is 220 cm³/mol. The number of fused-ring (bicyclic) bond motifs is 3. The monoisotopic (exact) mass is 869 g/mol. The van der Waals surface area contributed by atoms with Crippen molar-refractivity contribution in [2.45, 2.75) is 167 Å². The molecule has 16 nitrogen and oxygen atoms in total. The maximum atomic E-state index is 14.6. The number of carbonyl (C=O) groups is 5. The summed E-state index contributed by atoms with van der Waals surface area (Å²) in [6.07, 6.45) is -8.88. The number of carbonyl (C=O) groups excluding carboxylic acids is 5. The minimum Gasteiger partial charge on any atom is -0.457 e. The van der Waals surface area contributed by atoms with Crippen molar-refractivity contribution in [3.63, 3.8) is 0 Å². The molecule has 3 unspecified atom stereocenters. The number of hydrogen-bond donors (Lipinski definition) is 3. The summed E-state index contributed by atoms with van der Waals surface area (Å²) in [6.45, 7) is 21.6. The lowest BCUT2D eigenvalue weighted by atomic mass is 9.49. The molecular weight excluding hydrogens is 806 g/mol. The summed E-state index contributed by atoms with van der Waals surface area (Å²) in [7, 11) is 0. The Morgan fingerprint density at radius 1 is 0.984 bits per heavy atom. The Balaban J connectivity index is 1.58. The van der Waals surface area contributed by atoms with Crippen LogP contribution >= 0.6 is 0 Å². The van der Waals surface area contributed by atoms with E-state index in [0.29, 0.717) is 5.57 Å². The van der Waals surface area contributed by atoms with Crippen molar-refractivity contribution in [3.05, 3.63) is 59.7 Å². The van der Waals surface area contributed by atoms with Crippen molar-refractivity contribution in [3.8, 4) is 0 Å². The van der Waals surface area contributed by atoms with Crippen molar-refractivity contribution in [2.24, 2.45) is 22.7 Å². The zero-order chi connectivity index (χ0) is 45.9. The van der Waals surface area contributed by atoms with Crippen LogP contribution in [0.25, 0.3) is 0 Å². The zero-order valence-corrected chi connectivity index (χ0v) is 37.6. The maximum Gasteiger partial charge on any atom is 0.407 e. The van der Waals surface area contributed by atoms with Crippen molar-refractivity contribution < 1.29 is 72.1 Å². The fraction of sp³-hybridized carbons (Fsp3) is 0.674. The molecule has 2 saturated carbocycles. The molecule has 3 N–H and O–H groups in total. The number of alkyl carbamates (subject to hydrolysis) is 1. The summed E-state index contributed by atoms with van der Waals surface area (Å²) in [5.74, 6) is -4.40. The minimum absolute atomic E-state index is 0.0845. The lowest BCUT2D eigenvalue weighted by Gasteiger charge is -2.67. The van der Waals surface area contributed by atoms with Crippen LogP contribution in [0.5, 0.6) is 0 Å². The van der Waals surface area contributed by atoms with Crippen molar-refractivity contribution >= 4 is 30.0 Å². The number of aliphatic hydroxyl groups excluding tert-OH is 1. The van der Waals surface area contributed by atoms with Gasteiger partial charge in [0.2, 0.25) is 0 Å². The Bertz CT molecular complexity index is 1950. The molecular formula is C46H63NO15. The molecule has 62 heavy (non-hydrogen) atoms. The van der Waals surface area contributed by atoms with Crippen molar-refractivity contribution in [1.82, 2.24) is 5.32 Å². The van der Waals surface area contributed by atoms with E-state index in [-0.39, 0.29) is 42.9 Å². The molecule has 4 fully saturated rings. The van der Waals surface area contributed by atoms with Crippen LogP contribution in [0.1, 0.15) is 106 Å². The molecule has 0 aromatic heterocycles. The Hall–Kier alpha value is -4.35. The largest absolute Gasteiger partial charge is 0.457 e. The Morgan fingerprint density at radius 2 is 1.65 bits per heavy atom. The van der Waals surface area contributed by atoms with Crippen LogP contribution in [0.2, 0.25) is 0 Å². The van der Waals surface area contributed by atoms with E-state index < -0.39 is 119 Å². The number of hydrogen-bond acceptors (Lipinski definition) is 15. The quantitative estimate of drug-likeness (QED) is 0.145. The molecule has 6 rings (SSSR count).